The van der Waals surface area contributed by atoms with Crippen LogP contribution in [0.15, 0.2) is 18.2 Å². The Morgan fingerprint density at radius 2 is 2.35 bits per heavy atom. The van der Waals surface area contributed by atoms with E-state index >= 15 is 0 Å². The Bertz CT molecular complexity index is 433. The number of carboxylic acids is 1. The van der Waals surface area contributed by atoms with Gasteiger partial charge < -0.3 is 10.0 Å². The smallest absolute Gasteiger partial charge is 0.303 e. The third-order valence-corrected chi connectivity index (χ3v) is 3.31. The average molecular weight is 237 g/mol. The summed E-state index contributed by atoms with van der Waals surface area (Å²) in [6.45, 7) is 3.56. The number of rotatable bonds is 4. The molecule has 0 fully saturated rings. The van der Waals surface area contributed by atoms with E-state index in [1.807, 2.05) is 13.0 Å². The molecular formula is C13H16FNO2. The summed E-state index contributed by atoms with van der Waals surface area (Å²) >= 11 is 0. The van der Waals surface area contributed by atoms with E-state index < -0.39 is 5.97 Å². The lowest BCUT2D eigenvalue weighted by Gasteiger charge is -2.16. The topological polar surface area (TPSA) is 40.5 Å². The molecule has 92 valence electrons. The van der Waals surface area contributed by atoms with E-state index in [1.165, 1.54) is 6.07 Å². The quantitative estimate of drug-likeness (QED) is 0.875. The van der Waals surface area contributed by atoms with Gasteiger partial charge in [-0.15, -0.1) is 0 Å². The number of carboxylic acid groups (broad SMARTS) is 1. The maximum absolute atomic E-state index is 13.8. The van der Waals surface area contributed by atoms with Crippen molar-refractivity contribution < 1.29 is 14.3 Å². The molecule has 1 N–H and O–H groups in total. The third kappa shape index (κ3) is 2.25. The van der Waals surface area contributed by atoms with Crippen molar-refractivity contribution in [3.8, 4) is 0 Å². The van der Waals surface area contributed by atoms with Crippen LogP contribution in [0.3, 0.4) is 0 Å². The van der Waals surface area contributed by atoms with Crippen LogP contribution in [0.1, 0.15) is 31.2 Å². The van der Waals surface area contributed by atoms with Crippen LogP contribution in [-0.4, -0.2) is 24.2 Å². The minimum atomic E-state index is -0.821. The third-order valence-electron chi connectivity index (χ3n) is 3.31. The number of nitrogens with zero attached hydrogens (tertiary/aromatic N) is 1. The molecule has 0 saturated carbocycles. The fraction of sp³-hybridized carbons (Fsp3) is 0.462. The summed E-state index contributed by atoms with van der Waals surface area (Å²) in [4.78, 5) is 12.7. The maximum atomic E-state index is 13.8. The van der Waals surface area contributed by atoms with Gasteiger partial charge in [-0.2, -0.15) is 0 Å². The van der Waals surface area contributed by atoms with Crippen molar-refractivity contribution in [1.82, 2.24) is 0 Å². The number of hydrogen-bond acceptors (Lipinski definition) is 2. The first-order valence-corrected chi connectivity index (χ1v) is 5.88. The van der Waals surface area contributed by atoms with Crippen molar-refractivity contribution >= 4 is 11.7 Å². The second-order valence-electron chi connectivity index (χ2n) is 4.34. The molecule has 1 aromatic carbocycles. The fourth-order valence-corrected chi connectivity index (χ4v) is 2.49. The van der Waals surface area contributed by atoms with Gasteiger partial charge in [0.25, 0.3) is 0 Å². The van der Waals surface area contributed by atoms with E-state index in [2.05, 4.69) is 4.90 Å². The highest BCUT2D eigenvalue weighted by molar-refractivity contribution is 5.67. The number of likely N-dealkylation sites (N-methyl/N-ethyl adjacent to an activating group) is 1. The average Bonchev–Trinajstić information content (AvgIpc) is 2.66. The van der Waals surface area contributed by atoms with Gasteiger partial charge in [-0.1, -0.05) is 6.07 Å². The van der Waals surface area contributed by atoms with Crippen LogP contribution in [0, 0.1) is 5.82 Å². The van der Waals surface area contributed by atoms with E-state index in [0.29, 0.717) is 12.0 Å². The number of anilines is 1. The van der Waals surface area contributed by atoms with Crippen LogP contribution >= 0.6 is 0 Å². The maximum Gasteiger partial charge on any atom is 0.303 e. The molecule has 3 nitrogen and oxygen atoms in total. The predicted octanol–water partition coefficient (Wildman–Crippen LogP) is 2.61. The molecule has 0 bridgehead atoms. The van der Waals surface area contributed by atoms with Crippen molar-refractivity contribution in [3.05, 3.63) is 29.6 Å². The molecule has 4 heteroatoms. The van der Waals surface area contributed by atoms with Gasteiger partial charge in [-0.25, -0.2) is 4.39 Å². The number of benzene rings is 1. The Balaban J connectivity index is 2.25. The lowest BCUT2D eigenvalue weighted by atomic mass is 9.96. The molecule has 1 aromatic rings. The highest BCUT2D eigenvalue weighted by atomic mass is 19.1. The minimum Gasteiger partial charge on any atom is -0.481 e. The van der Waals surface area contributed by atoms with Crippen LogP contribution in [0.2, 0.25) is 0 Å². The van der Waals surface area contributed by atoms with E-state index in [9.17, 15) is 9.18 Å². The Hall–Kier alpha value is -1.58. The van der Waals surface area contributed by atoms with Crippen molar-refractivity contribution in [2.75, 3.05) is 18.0 Å². The van der Waals surface area contributed by atoms with Crippen LogP contribution < -0.4 is 4.90 Å². The van der Waals surface area contributed by atoms with E-state index in [0.717, 1.165) is 18.8 Å². The van der Waals surface area contributed by atoms with Gasteiger partial charge in [0.05, 0.1) is 0 Å². The largest absolute Gasteiger partial charge is 0.481 e. The van der Waals surface area contributed by atoms with Gasteiger partial charge >= 0.3 is 5.97 Å². The molecule has 0 aliphatic carbocycles. The Labute approximate surface area is 99.9 Å². The summed E-state index contributed by atoms with van der Waals surface area (Å²) < 4.78 is 13.8. The van der Waals surface area contributed by atoms with Crippen molar-refractivity contribution in [1.29, 1.82) is 0 Å². The second-order valence-corrected chi connectivity index (χ2v) is 4.34. The molecule has 2 rings (SSSR count). The molecule has 1 aliphatic heterocycles. The summed E-state index contributed by atoms with van der Waals surface area (Å²) in [5, 5.41) is 8.71. The first-order valence-electron chi connectivity index (χ1n) is 5.88. The Kier molecular flexibility index (Phi) is 3.31. The summed E-state index contributed by atoms with van der Waals surface area (Å²) in [6.07, 6.45) is 0.593. The standard InChI is InChI=1S/C13H16FNO2/c1-2-15-8-9(6-7-12(16)17)13-10(14)4-3-5-11(13)15/h3-5,9H,2,6-8H2,1H3,(H,16,17). The van der Waals surface area contributed by atoms with E-state index in [4.69, 9.17) is 5.11 Å². The molecule has 0 spiro atoms. The lowest BCUT2D eigenvalue weighted by Crippen LogP contribution is -2.21. The zero-order valence-corrected chi connectivity index (χ0v) is 9.82. The molecule has 1 heterocycles. The summed E-state index contributed by atoms with van der Waals surface area (Å²) in [5.41, 5.74) is 1.61. The van der Waals surface area contributed by atoms with Gasteiger partial charge in [0, 0.05) is 36.7 Å². The molecule has 17 heavy (non-hydrogen) atoms. The van der Waals surface area contributed by atoms with Crippen molar-refractivity contribution in [2.45, 2.75) is 25.7 Å². The monoisotopic (exact) mass is 237 g/mol. The van der Waals surface area contributed by atoms with Crippen molar-refractivity contribution in [2.24, 2.45) is 0 Å². The predicted molar refractivity (Wildman–Crippen MR) is 63.9 cm³/mol. The number of fused-ring (bicyclic) bond motifs is 1. The molecule has 1 atom stereocenters. The normalized spacial score (nSPS) is 18.2. The van der Waals surface area contributed by atoms with Crippen molar-refractivity contribution in [3.63, 3.8) is 0 Å². The first-order chi connectivity index (χ1) is 8.13. The van der Waals surface area contributed by atoms with E-state index in [1.54, 1.807) is 6.07 Å². The highest BCUT2D eigenvalue weighted by Gasteiger charge is 2.30. The Morgan fingerprint density at radius 1 is 1.59 bits per heavy atom. The van der Waals surface area contributed by atoms with Gasteiger partial charge in [0.2, 0.25) is 0 Å². The van der Waals surface area contributed by atoms with Crippen LogP contribution in [0.5, 0.6) is 0 Å². The fourth-order valence-electron chi connectivity index (χ4n) is 2.49. The molecule has 0 amide bonds. The molecular weight excluding hydrogens is 221 g/mol. The SMILES string of the molecule is CCN1CC(CCC(=O)O)c2c(F)cccc21. The molecule has 1 unspecified atom stereocenters. The number of halogens is 1. The van der Waals surface area contributed by atoms with Crippen LogP contribution in [0.25, 0.3) is 0 Å². The zero-order chi connectivity index (χ0) is 12.4. The summed E-state index contributed by atoms with van der Waals surface area (Å²) in [5.74, 6) is -1.03. The highest BCUT2D eigenvalue weighted by Crippen LogP contribution is 2.39. The summed E-state index contributed by atoms with van der Waals surface area (Å²) in [7, 11) is 0. The first kappa shape index (κ1) is 11.9. The number of carbonyl (C=O) groups is 1. The summed E-state index contributed by atoms with van der Waals surface area (Å²) in [6, 6.07) is 5.06. The van der Waals surface area contributed by atoms with Gasteiger partial charge in [0.1, 0.15) is 5.82 Å². The van der Waals surface area contributed by atoms with Gasteiger partial charge in [-0.3, -0.25) is 4.79 Å². The second kappa shape index (κ2) is 4.73. The van der Waals surface area contributed by atoms with Gasteiger partial charge in [0.15, 0.2) is 0 Å². The van der Waals surface area contributed by atoms with Crippen LogP contribution in [-0.2, 0) is 4.79 Å². The number of aliphatic carboxylic acids is 1. The molecule has 0 aromatic heterocycles. The minimum absolute atomic E-state index is 0.00208. The number of hydrogen-bond donors (Lipinski definition) is 1. The van der Waals surface area contributed by atoms with Crippen LogP contribution in [0.4, 0.5) is 10.1 Å². The zero-order valence-electron chi connectivity index (χ0n) is 9.82. The molecule has 0 saturated heterocycles. The Morgan fingerprint density at radius 3 is 3.00 bits per heavy atom. The lowest BCUT2D eigenvalue weighted by molar-refractivity contribution is -0.137. The van der Waals surface area contributed by atoms with Gasteiger partial charge in [-0.05, 0) is 25.5 Å². The molecule has 1 aliphatic rings. The molecule has 0 radical (unpaired) electrons. The van der Waals surface area contributed by atoms with E-state index in [-0.39, 0.29) is 18.2 Å².